The summed E-state index contributed by atoms with van der Waals surface area (Å²) in [6.07, 6.45) is 4.37. The lowest BCUT2D eigenvalue weighted by atomic mass is 9.98. The van der Waals surface area contributed by atoms with Crippen molar-refractivity contribution in [1.29, 1.82) is 0 Å². The Hall–Kier alpha value is -3.04. The molecule has 0 saturated carbocycles. The fraction of sp³-hybridized carbons (Fsp3) is 0.192. The quantitative estimate of drug-likeness (QED) is 0.459. The van der Waals surface area contributed by atoms with Crippen molar-refractivity contribution in [3.05, 3.63) is 100 Å². The van der Waals surface area contributed by atoms with Gasteiger partial charge in [0.2, 0.25) is 0 Å². The van der Waals surface area contributed by atoms with E-state index in [0.717, 1.165) is 22.6 Å². The zero-order chi connectivity index (χ0) is 20.9. The summed E-state index contributed by atoms with van der Waals surface area (Å²) in [5.41, 5.74) is 7.06. The first-order valence-corrected chi connectivity index (χ1v) is 10.5. The third-order valence-corrected chi connectivity index (χ3v) is 5.52. The fourth-order valence-electron chi connectivity index (χ4n) is 3.99. The highest BCUT2D eigenvalue weighted by atomic mass is 35.5. The molecule has 1 N–H and O–H groups in total. The predicted molar refractivity (Wildman–Crippen MR) is 123 cm³/mol. The molecule has 0 radical (unpaired) electrons. The van der Waals surface area contributed by atoms with Crippen LogP contribution < -0.4 is 5.32 Å². The van der Waals surface area contributed by atoms with Crippen molar-refractivity contribution in [2.24, 2.45) is 0 Å². The van der Waals surface area contributed by atoms with E-state index in [1.165, 1.54) is 22.3 Å². The molecule has 1 aliphatic carbocycles. The highest BCUT2D eigenvalue weighted by Gasteiger charge is 2.28. The summed E-state index contributed by atoms with van der Waals surface area (Å²) in [6.45, 7) is 2.87. The monoisotopic (exact) mass is 417 g/mol. The van der Waals surface area contributed by atoms with Crippen molar-refractivity contribution in [1.82, 2.24) is 5.32 Å². The topological polar surface area (TPSA) is 38.3 Å². The number of ether oxygens (including phenoxy) is 1. The first kappa shape index (κ1) is 20.2. The second-order valence-corrected chi connectivity index (χ2v) is 7.94. The van der Waals surface area contributed by atoms with Gasteiger partial charge in [0.15, 0.2) is 0 Å². The van der Waals surface area contributed by atoms with Gasteiger partial charge >= 0.3 is 6.09 Å². The number of nitrogens with one attached hydrogen (secondary N) is 1. The summed E-state index contributed by atoms with van der Waals surface area (Å²) >= 11 is 6.08. The molecule has 0 atom stereocenters. The largest absolute Gasteiger partial charge is 0.449 e. The average molecular weight is 418 g/mol. The molecule has 3 aromatic rings. The molecule has 3 nitrogen and oxygen atoms in total. The minimum atomic E-state index is -0.385. The molecule has 1 aliphatic rings. The van der Waals surface area contributed by atoms with E-state index in [2.05, 4.69) is 35.6 Å². The van der Waals surface area contributed by atoms with Gasteiger partial charge in [-0.2, -0.15) is 0 Å². The van der Waals surface area contributed by atoms with Crippen molar-refractivity contribution < 1.29 is 9.53 Å². The lowest BCUT2D eigenvalue weighted by Gasteiger charge is -2.14. The van der Waals surface area contributed by atoms with E-state index in [-0.39, 0.29) is 12.0 Å². The van der Waals surface area contributed by atoms with E-state index in [9.17, 15) is 4.79 Å². The van der Waals surface area contributed by atoms with Crippen LogP contribution in [-0.4, -0.2) is 19.2 Å². The van der Waals surface area contributed by atoms with Crippen molar-refractivity contribution in [3.63, 3.8) is 0 Å². The number of aryl methyl sites for hydroxylation is 1. The number of hydrogen-bond donors (Lipinski definition) is 1. The summed E-state index contributed by atoms with van der Waals surface area (Å²) in [5, 5.41) is 3.55. The van der Waals surface area contributed by atoms with Gasteiger partial charge in [-0.25, -0.2) is 4.79 Å². The third-order valence-electron chi connectivity index (χ3n) is 5.30. The number of fused-ring (bicyclic) bond motifs is 3. The van der Waals surface area contributed by atoms with E-state index in [4.69, 9.17) is 16.3 Å². The molecule has 0 aromatic heterocycles. The number of hydrogen-bond acceptors (Lipinski definition) is 2. The Bertz CT molecular complexity index is 1020. The van der Waals surface area contributed by atoms with Gasteiger partial charge in [-0.15, -0.1) is 0 Å². The van der Waals surface area contributed by atoms with Gasteiger partial charge in [0.05, 0.1) is 0 Å². The van der Waals surface area contributed by atoms with E-state index in [1.54, 1.807) is 0 Å². The van der Waals surface area contributed by atoms with Crippen molar-refractivity contribution >= 4 is 23.8 Å². The second-order valence-electron chi connectivity index (χ2n) is 7.51. The molecule has 0 saturated heterocycles. The van der Waals surface area contributed by atoms with Gasteiger partial charge in [-0.3, -0.25) is 0 Å². The lowest BCUT2D eigenvalue weighted by molar-refractivity contribution is 0.143. The molecule has 4 rings (SSSR count). The van der Waals surface area contributed by atoms with Crippen LogP contribution in [0.3, 0.4) is 0 Å². The van der Waals surface area contributed by atoms with E-state index in [0.29, 0.717) is 13.2 Å². The minimum Gasteiger partial charge on any atom is -0.449 e. The molecule has 30 heavy (non-hydrogen) atoms. The summed E-state index contributed by atoms with van der Waals surface area (Å²) < 4.78 is 5.54. The van der Waals surface area contributed by atoms with Crippen molar-refractivity contribution in [2.75, 3.05) is 13.2 Å². The van der Waals surface area contributed by atoms with Crippen LogP contribution in [0.25, 0.3) is 17.2 Å². The Kier molecular flexibility index (Phi) is 6.20. The number of halogens is 1. The van der Waals surface area contributed by atoms with Crippen LogP contribution in [0, 0.1) is 6.92 Å². The maximum Gasteiger partial charge on any atom is 0.407 e. The smallest absolute Gasteiger partial charge is 0.407 e. The predicted octanol–water partition coefficient (Wildman–Crippen LogP) is 6.59. The summed E-state index contributed by atoms with van der Waals surface area (Å²) in [4.78, 5) is 12.2. The number of amides is 1. The summed E-state index contributed by atoms with van der Waals surface area (Å²) in [7, 11) is 0. The Balaban J connectivity index is 1.28. The zero-order valence-corrected chi connectivity index (χ0v) is 17.7. The van der Waals surface area contributed by atoms with Crippen LogP contribution in [0.4, 0.5) is 4.79 Å². The maximum atomic E-state index is 12.2. The SMILES string of the molecule is Cc1cc(Cl)cc(C=CCCNC(=O)OCC2c3ccccc3-c3ccccc32)c1. The molecular weight excluding hydrogens is 394 g/mol. The van der Waals surface area contributed by atoms with Crippen LogP contribution >= 0.6 is 11.6 Å². The average Bonchev–Trinajstić information content (AvgIpc) is 3.05. The van der Waals surface area contributed by atoms with Gasteiger partial charge in [-0.1, -0.05) is 78.4 Å². The van der Waals surface area contributed by atoms with Crippen molar-refractivity contribution in [2.45, 2.75) is 19.3 Å². The van der Waals surface area contributed by atoms with Crippen LogP contribution in [0.5, 0.6) is 0 Å². The van der Waals surface area contributed by atoms with Crippen LogP contribution in [0.1, 0.15) is 34.6 Å². The Morgan fingerprint density at radius 3 is 2.37 bits per heavy atom. The zero-order valence-electron chi connectivity index (χ0n) is 16.9. The Morgan fingerprint density at radius 1 is 1.03 bits per heavy atom. The molecule has 1 amide bonds. The summed E-state index contributed by atoms with van der Waals surface area (Å²) in [5.74, 6) is 0.0779. The number of alkyl carbamates (subject to hydrolysis) is 1. The third kappa shape index (κ3) is 4.58. The van der Waals surface area contributed by atoms with Gasteiger partial charge in [0.1, 0.15) is 6.61 Å². The van der Waals surface area contributed by atoms with Gasteiger partial charge in [-0.05, 0) is 58.9 Å². The van der Waals surface area contributed by atoms with E-state index < -0.39 is 0 Å². The first-order valence-electron chi connectivity index (χ1n) is 10.1. The Labute approximate surface area is 182 Å². The molecule has 4 heteroatoms. The fourth-order valence-corrected chi connectivity index (χ4v) is 4.29. The first-order chi connectivity index (χ1) is 14.6. The molecule has 152 valence electrons. The molecular formula is C26H24ClNO2. The number of benzene rings is 3. The van der Waals surface area contributed by atoms with E-state index in [1.807, 2.05) is 55.5 Å². The molecule has 3 aromatic carbocycles. The summed E-state index contributed by atoms with van der Waals surface area (Å²) in [6, 6.07) is 22.6. The number of carbonyl (C=O) groups is 1. The number of rotatable bonds is 6. The van der Waals surface area contributed by atoms with Gasteiger partial charge < -0.3 is 10.1 Å². The Morgan fingerprint density at radius 2 is 1.70 bits per heavy atom. The van der Waals surface area contributed by atoms with Crippen LogP contribution in [0.15, 0.2) is 72.8 Å². The normalized spacial score (nSPS) is 12.6. The second kappa shape index (κ2) is 9.19. The minimum absolute atomic E-state index is 0.0779. The van der Waals surface area contributed by atoms with Gasteiger partial charge in [0.25, 0.3) is 0 Å². The molecule has 0 bridgehead atoms. The molecule has 0 unspecified atom stereocenters. The van der Waals surface area contributed by atoms with Gasteiger partial charge in [0, 0.05) is 17.5 Å². The number of carbonyl (C=O) groups excluding carboxylic acids is 1. The molecule has 0 heterocycles. The van der Waals surface area contributed by atoms with E-state index >= 15 is 0 Å². The maximum absolute atomic E-state index is 12.2. The van der Waals surface area contributed by atoms with Crippen LogP contribution in [0.2, 0.25) is 5.02 Å². The van der Waals surface area contributed by atoms with Crippen molar-refractivity contribution in [3.8, 4) is 11.1 Å². The molecule has 0 spiro atoms. The molecule has 0 fully saturated rings. The van der Waals surface area contributed by atoms with Crippen LogP contribution in [-0.2, 0) is 4.74 Å². The molecule has 0 aliphatic heterocycles. The highest BCUT2D eigenvalue weighted by Crippen LogP contribution is 2.44. The highest BCUT2D eigenvalue weighted by molar-refractivity contribution is 6.30. The lowest BCUT2D eigenvalue weighted by Crippen LogP contribution is -2.26. The standard InChI is InChI=1S/C26H24ClNO2/c1-18-14-19(16-20(27)15-18)8-6-7-13-28-26(29)30-17-25-23-11-4-2-9-21(23)22-10-3-5-12-24(22)25/h2-6,8-12,14-16,25H,7,13,17H2,1H3,(H,28,29).